The fourth-order valence-electron chi connectivity index (χ4n) is 1.30. The van der Waals surface area contributed by atoms with E-state index in [0.717, 1.165) is 5.56 Å². The van der Waals surface area contributed by atoms with Gasteiger partial charge in [-0.15, -0.1) is 0 Å². The number of nitrogens with one attached hydrogen (secondary N) is 1. The van der Waals surface area contributed by atoms with Gasteiger partial charge in [0.1, 0.15) is 0 Å². The zero-order chi connectivity index (χ0) is 11.5. The van der Waals surface area contributed by atoms with Gasteiger partial charge in [0.15, 0.2) is 5.16 Å². The summed E-state index contributed by atoms with van der Waals surface area (Å²) in [6.45, 7) is 1.93. The van der Waals surface area contributed by atoms with Crippen LogP contribution >= 0.6 is 11.8 Å². The van der Waals surface area contributed by atoms with Crippen molar-refractivity contribution in [2.75, 3.05) is 0 Å². The molecular weight excluding hydrogens is 224 g/mol. The van der Waals surface area contributed by atoms with Crippen LogP contribution in [0.2, 0.25) is 0 Å². The molecule has 5 heteroatoms. The lowest BCUT2D eigenvalue weighted by molar-refractivity contribution is 0.0693. The number of hydrogen-bond acceptors (Lipinski definition) is 3. The first-order valence-corrected chi connectivity index (χ1v) is 5.49. The Hall–Kier alpha value is -1.75. The maximum absolute atomic E-state index is 11.0. The Morgan fingerprint density at radius 2 is 2.31 bits per heavy atom. The molecule has 0 saturated carbocycles. The Kier molecular flexibility index (Phi) is 2.96. The molecule has 0 aliphatic carbocycles. The number of carboxylic acids is 1. The van der Waals surface area contributed by atoms with Crippen molar-refractivity contribution in [1.82, 2.24) is 9.97 Å². The van der Waals surface area contributed by atoms with E-state index in [2.05, 4.69) is 9.97 Å². The van der Waals surface area contributed by atoms with Crippen molar-refractivity contribution in [3.8, 4) is 0 Å². The second-order valence-corrected chi connectivity index (χ2v) is 4.33. The molecule has 16 heavy (non-hydrogen) atoms. The minimum absolute atomic E-state index is 0.298. The zero-order valence-electron chi connectivity index (χ0n) is 8.60. The molecule has 0 fully saturated rings. The number of imidazole rings is 1. The third-order valence-corrected chi connectivity index (χ3v) is 3.02. The molecule has 1 heterocycles. The Morgan fingerprint density at radius 3 is 2.94 bits per heavy atom. The first-order valence-electron chi connectivity index (χ1n) is 4.68. The van der Waals surface area contributed by atoms with E-state index in [1.54, 1.807) is 24.5 Å². The van der Waals surface area contributed by atoms with Crippen LogP contribution in [-0.2, 0) is 0 Å². The Morgan fingerprint density at radius 1 is 1.50 bits per heavy atom. The summed E-state index contributed by atoms with van der Waals surface area (Å²) in [6, 6.07) is 5.25. The van der Waals surface area contributed by atoms with Crippen LogP contribution in [-0.4, -0.2) is 21.0 Å². The molecule has 2 rings (SSSR count). The van der Waals surface area contributed by atoms with E-state index >= 15 is 0 Å². The van der Waals surface area contributed by atoms with Crippen LogP contribution < -0.4 is 0 Å². The van der Waals surface area contributed by atoms with Crippen molar-refractivity contribution < 1.29 is 9.90 Å². The van der Waals surface area contributed by atoms with Gasteiger partial charge in [-0.2, -0.15) is 0 Å². The lowest BCUT2D eigenvalue weighted by atomic mass is 10.1. The average Bonchev–Trinajstić information content (AvgIpc) is 2.70. The maximum Gasteiger partial charge on any atom is 0.336 e. The largest absolute Gasteiger partial charge is 0.478 e. The zero-order valence-corrected chi connectivity index (χ0v) is 9.41. The molecule has 0 atom stereocenters. The summed E-state index contributed by atoms with van der Waals surface area (Å²) >= 11 is 1.32. The van der Waals surface area contributed by atoms with Crippen molar-refractivity contribution in [2.24, 2.45) is 0 Å². The second-order valence-electron chi connectivity index (χ2n) is 3.30. The van der Waals surface area contributed by atoms with Crippen LogP contribution in [0.1, 0.15) is 15.9 Å². The Bertz CT molecular complexity index is 509. The summed E-state index contributed by atoms with van der Waals surface area (Å²) < 4.78 is 0. The van der Waals surface area contributed by atoms with E-state index in [0.29, 0.717) is 15.6 Å². The van der Waals surface area contributed by atoms with Crippen LogP contribution in [0, 0.1) is 6.92 Å². The molecular formula is C11H10N2O2S. The van der Waals surface area contributed by atoms with Crippen molar-refractivity contribution in [3.05, 3.63) is 41.7 Å². The average molecular weight is 234 g/mol. The highest BCUT2D eigenvalue weighted by molar-refractivity contribution is 7.99. The molecule has 0 aliphatic rings. The predicted octanol–water partition coefficient (Wildman–Crippen LogP) is 2.57. The summed E-state index contributed by atoms with van der Waals surface area (Å²) in [5.74, 6) is -0.922. The van der Waals surface area contributed by atoms with Crippen LogP contribution in [0.5, 0.6) is 0 Å². The predicted molar refractivity (Wildman–Crippen MR) is 60.8 cm³/mol. The van der Waals surface area contributed by atoms with Gasteiger partial charge in [-0.25, -0.2) is 9.78 Å². The molecule has 0 amide bonds. The molecule has 1 aromatic heterocycles. The first-order chi connectivity index (χ1) is 7.66. The highest BCUT2D eigenvalue weighted by Crippen LogP contribution is 2.28. The SMILES string of the molecule is Cc1ccc(C(=O)O)c(Sc2ncc[nH]2)c1. The molecule has 1 aromatic carbocycles. The van der Waals surface area contributed by atoms with Crippen molar-refractivity contribution in [3.63, 3.8) is 0 Å². The normalized spacial score (nSPS) is 10.3. The number of carbonyl (C=O) groups is 1. The quantitative estimate of drug-likeness (QED) is 0.856. The number of hydrogen-bond donors (Lipinski definition) is 2. The number of aromatic amines is 1. The Labute approximate surface area is 96.7 Å². The summed E-state index contributed by atoms with van der Waals surface area (Å²) in [5, 5.41) is 9.73. The van der Waals surface area contributed by atoms with Gasteiger partial charge in [0, 0.05) is 17.3 Å². The number of H-pyrrole nitrogens is 1. The monoisotopic (exact) mass is 234 g/mol. The summed E-state index contributed by atoms with van der Waals surface area (Å²) in [4.78, 5) is 18.7. The smallest absolute Gasteiger partial charge is 0.336 e. The van der Waals surface area contributed by atoms with Crippen molar-refractivity contribution in [2.45, 2.75) is 17.0 Å². The van der Waals surface area contributed by atoms with Gasteiger partial charge in [0.05, 0.1) is 5.56 Å². The van der Waals surface area contributed by atoms with E-state index in [9.17, 15) is 4.79 Å². The molecule has 0 aliphatic heterocycles. The highest BCUT2D eigenvalue weighted by atomic mass is 32.2. The first kappa shape index (κ1) is 10.8. The summed E-state index contributed by atoms with van der Waals surface area (Å²) in [6.07, 6.45) is 3.34. The maximum atomic E-state index is 11.0. The summed E-state index contributed by atoms with van der Waals surface area (Å²) in [5.41, 5.74) is 1.33. The van der Waals surface area contributed by atoms with Crippen LogP contribution in [0.15, 0.2) is 40.6 Å². The van der Waals surface area contributed by atoms with Gasteiger partial charge in [0.25, 0.3) is 0 Å². The lowest BCUT2D eigenvalue weighted by Crippen LogP contribution is -1.99. The van der Waals surface area contributed by atoms with E-state index in [4.69, 9.17) is 5.11 Å². The van der Waals surface area contributed by atoms with Crippen LogP contribution in [0.4, 0.5) is 0 Å². The fraction of sp³-hybridized carbons (Fsp3) is 0.0909. The molecule has 2 N–H and O–H groups in total. The third-order valence-electron chi connectivity index (χ3n) is 2.05. The van der Waals surface area contributed by atoms with Gasteiger partial charge in [0.2, 0.25) is 0 Å². The number of carboxylic acid groups (broad SMARTS) is 1. The van der Waals surface area contributed by atoms with Gasteiger partial charge in [-0.05, 0) is 24.6 Å². The van der Waals surface area contributed by atoms with Crippen LogP contribution in [0.3, 0.4) is 0 Å². The van der Waals surface area contributed by atoms with Crippen molar-refractivity contribution in [1.29, 1.82) is 0 Å². The van der Waals surface area contributed by atoms with E-state index in [1.807, 2.05) is 13.0 Å². The van der Waals surface area contributed by atoms with Gasteiger partial charge >= 0.3 is 5.97 Å². The number of nitrogens with zero attached hydrogens (tertiary/aromatic N) is 1. The molecule has 0 radical (unpaired) electrons. The molecule has 0 bridgehead atoms. The minimum atomic E-state index is -0.922. The second kappa shape index (κ2) is 4.40. The fourth-order valence-corrected chi connectivity index (χ4v) is 2.26. The molecule has 0 spiro atoms. The van der Waals surface area contributed by atoms with E-state index in [-0.39, 0.29) is 0 Å². The molecule has 82 valence electrons. The van der Waals surface area contributed by atoms with Gasteiger partial charge in [-0.3, -0.25) is 0 Å². The van der Waals surface area contributed by atoms with E-state index in [1.165, 1.54) is 11.8 Å². The summed E-state index contributed by atoms with van der Waals surface area (Å²) in [7, 11) is 0. The van der Waals surface area contributed by atoms with Gasteiger partial charge in [-0.1, -0.05) is 17.8 Å². The number of benzene rings is 1. The molecule has 2 aromatic rings. The highest BCUT2D eigenvalue weighted by Gasteiger charge is 2.11. The molecule has 0 unspecified atom stereocenters. The van der Waals surface area contributed by atoms with Crippen LogP contribution in [0.25, 0.3) is 0 Å². The number of aryl methyl sites for hydroxylation is 1. The number of aromatic nitrogens is 2. The topological polar surface area (TPSA) is 66.0 Å². The number of rotatable bonds is 3. The Balaban J connectivity index is 2.38. The molecule has 0 saturated heterocycles. The minimum Gasteiger partial charge on any atom is -0.478 e. The third kappa shape index (κ3) is 2.25. The van der Waals surface area contributed by atoms with Gasteiger partial charge < -0.3 is 10.1 Å². The van der Waals surface area contributed by atoms with Crippen molar-refractivity contribution >= 4 is 17.7 Å². The van der Waals surface area contributed by atoms with E-state index < -0.39 is 5.97 Å². The standard InChI is InChI=1S/C11H10N2O2S/c1-7-2-3-8(10(14)15)9(6-7)16-11-12-4-5-13-11/h2-6H,1H3,(H,12,13)(H,14,15). The molecule has 4 nitrogen and oxygen atoms in total. The number of aromatic carboxylic acids is 1. The lowest BCUT2D eigenvalue weighted by Gasteiger charge is -2.04.